The van der Waals surface area contributed by atoms with Crippen LogP contribution in [-0.2, 0) is 11.2 Å². The zero-order valence-corrected chi connectivity index (χ0v) is 17.4. The number of ether oxygens (including phenoxy) is 1. The molecule has 0 radical (unpaired) electrons. The lowest BCUT2D eigenvalue weighted by molar-refractivity contribution is -0.115. The largest absolute Gasteiger partial charge is 0.496 e. The van der Waals surface area contributed by atoms with E-state index in [0.717, 1.165) is 22.4 Å². The number of aryl methyl sites for hydroxylation is 1. The third-order valence-electron chi connectivity index (χ3n) is 4.92. The highest BCUT2D eigenvalue weighted by molar-refractivity contribution is 6.04. The number of amides is 2. The molecule has 0 bridgehead atoms. The fourth-order valence-electron chi connectivity index (χ4n) is 3.32. The van der Waals surface area contributed by atoms with Gasteiger partial charge in [0, 0.05) is 0 Å². The molecule has 0 fully saturated rings. The first-order valence-corrected chi connectivity index (χ1v) is 9.86. The van der Waals surface area contributed by atoms with Gasteiger partial charge in [0.25, 0.3) is 5.91 Å². The number of para-hydroxylation sites is 1. The van der Waals surface area contributed by atoms with Crippen LogP contribution in [0.3, 0.4) is 0 Å². The molecule has 0 heterocycles. The highest BCUT2D eigenvalue weighted by Crippen LogP contribution is 2.21. The smallest absolute Gasteiger partial charge is 0.253 e. The summed E-state index contributed by atoms with van der Waals surface area (Å²) in [6.45, 7) is 3.87. The third kappa shape index (κ3) is 5.26. The Balaban J connectivity index is 1.69. The zero-order valence-electron chi connectivity index (χ0n) is 17.4. The van der Waals surface area contributed by atoms with Crippen LogP contribution in [0.25, 0.3) is 0 Å². The predicted octanol–water partition coefficient (Wildman–Crippen LogP) is 4.68. The quantitative estimate of drug-likeness (QED) is 0.603. The fourth-order valence-corrected chi connectivity index (χ4v) is 3.32. The van der Waals surface area contributed by atoms with Crippen LogP contribution in [-0.4, -0.2) is 18.9 Å². The molecule has 3 rings (SSSR count). The van der Waals surface area contributed by atoms with Gasteiger partial charge in [0.05, 0.1) is 30.8 Å². The monoisotopic (exact) mass is 402 g/mol. The normalized spacial score (nSPS) is 11.4. The van der Waals surface area contributed by atoms with Gasteiger partial charge in [0.15, 0.2) is 0 Å². The number of nitrogens with one attached hydrogen (secondary N) is 2. The molecule has 5 nitrogen and oxygen atoms in total. The first kappa shape index (κ1) is 21.1. The van der Waals surface area contributed by atoms with E-state index in [9.17, 15) is 9.59 Å². The third-order valence-corrected chi connectivity index (χ3v) is 4.92. The summed E-state index contributed by atoms with van der Waals surface area (Å²) in [5, 5.41) is 5.86. The van der Waals surface area contributed by atoms with E-state index in [1.165, 1.54) is 0 Å². The SMILES string of the molecule is COc1ccc(CC(=O)Nc2ccccc2C(=O)N[C@H](C)c2ccccc2)cc1C. The van der Waals surface area contributed by atoms with Gasteiger partial charge in [-0.05, 0) is 48.7 Å². The maximum Gasteiger partial charge on any atom is 0.253 e. The summed E-state index contributed by atoms with van der Waals surface area (Å²) in [4.78, 5) is 25.4. The van der Waals surface area contributed by atoms with Crippen LogP contribution in [0.15, 0.2) is 72.8 Å². The summed E-state index contributed by atoms with van der Waals surface area (Å²) in [5.74, 6) is 0.368. The first-order chi connectivity index (χ1) is 14.5. The van der Waals surface area contributed by atoms with Gasteiger partial charge in [0.2, 0.25) is 5.91 Å². The van der Waals surface area contributed by atoms with E-state index >= 15 is 0 Å². The van der Waals surface area contributed by atoms with Gasteiger partial charge in [-0.2, -0.15) is 0 Å². The van der Waals surface area contributed by atoms with E-state index in [4.69, 9.17) is 4.74 Å². The summed E-state index contributed by atoms with van der Waals surface area (Å²) in [5.41, 5.74) is 3.79. The van der Waals surface area contributed by atoms with Crippen molar-refractivity contribution in [3.8, 4) is 5.75 Å². The lowest BCUT2D eigenvalue weighted by Gasteiger charge is -2.16. The zero-order chi connectivity index (χ0) is 21.5. The highest BCUT2D eigenvalue weighted by atomic mass is 16.5. The standard InChI is InChI=1S/C25H26N2O3/c1-17-15-19(13-14-23(17)30-3)16-24(28)27-22-12-8-7-11-21(22)25(29)26-18(2)20-9-5-4-6-10-20/h4-15,18H,16H2,1-3H3,(H,26,29)(H,27,28)/t18-/m1/s1. The Kier molecular flexibility index (Phi) is 6.86. The molecule has 0 aliphatic heterocycles. The lowest BCUT2D eigenvalue weighted by Crippen LogP contribution is -2.28. The second kappa shape index (κ2) is 9.74. The molecule has 5 heteroatoms. The number of methoxy groups -OCH3 is 1. The predicted molar refractivity (Wildman–Crippen MR) is 119 cm³/mol. The Morgan fingerprint density at radius 1 is 0.967 bits per heavy atom. The molecule has 1 atom stereocenters. The summed E-state index contributed by atoms with van der Waals surface area (Å²) in [6, 6.07) is 22.3. The van der Waals surface area contributed by atoms with E-state index < -0.39 is 0 Å². The second-order valence-electron chi connectivity index (χ2n) is 7.18. The molecular weight excluding hydrogens is 376 g/mol. The molecule has 0 unspecified atom stereocenters. The van der Waals surface area contributed by atoms with Gasteiger partial charge >= 0.3 is 0 Å². The van der Waals surface area contributed by atoms with Crippen LogP contribution in [0.1, 0.15) is 40.0 Å². The molecule has 3 aromatic rings. The summed E-state index contributed by atoms with van der Waals surface area (Å²) in [7, 11) is 1.62. The van der Waals surface area contributed by atoms with E-state index in [1.807, 2.05) is 62.4 Å². The molecule has 154 valence electrons. The number of carbonyl (C=O) groups is 2. The Morgan fingerprint density at radius 2 is 1.67 bits per heavy atom. The van der Waals surface area contributed by atoms with Gasteiger partial charge in [-0.3, -0.25) is 9.59 Å². The summed E-state index contributed by atoms with van der Waals surface area (Å²) in [6.07, 6.45) is 0.210. The van der Waals surface area contributed by atoms with Crippen LogP contribution < -0.4 is 15.4 Å². The number of hydrogen-bond donors (Lipinski definition) is 2. The molecule has 0 saturated heterocycles. The molecule has 30 heavy (non-hydrogen) atoms. The molecule has 2 amide bonds. The van der Waals surface area contributed by atoms with Crippen LogP contribution in [0, 0.1) is 6.92 Å². The molecule has 0 aromatic heterocycles. The van der Waals surface area contributed by atoms with Gasteiger partial charge in [-0.15, -0.1) is 0 Å². The van der Waals surface area contributed by atoms with Crippen molar-refractivity contribution in [2.24, 2.45) is 0 Å². The van der Waals surface area contributed by atoms with Crippen molar-refractivity contribution in [3.63, 3.8) is 0 Å². The van der Waals surface area contributed by atoms with Gasteiger partial charge in [-0.1, -0.05) is 54.6 Å². The summed E-state index contributed by atoms with van der Waals surface area (Å²) < 4.78 is 5.26. The Hall–Kier alpha value is -3.60. The number of benzene rings is 3. The molecular formula is C25H26N2O3. The van der Waals surface area contributed by atoms with Crippen LogP contribution in [0.4, 0.5) is 5.69 Å². The second-order valence-corrected chi connectivity index (χ2v) is 7.18. The van der Waals surface area contributed by atoms with E-state index in [0.29, 0.717) is 11.3 Å². The number of anilines is 1. The van der Waals surface area contributed by atoms with Crippen molar-refractivity contribution in [1.82, 2.24) is 5.32 Å². The van der Waals surface area contributed by atoms with Crippen molar-refractivity contribution in [2.45, 2.75) is 26.3 Å². The van der Waals surface area contributed by atoms with Crippen molar-refractivity contribution < 1.29 is 14.3 Å². The van der Waals surface area contributed by atoms with Crippen LogP contribution >= 0.6 is 0 Å². The maximum absolute atomic E-state index is 12.8. The van der Waals surface area contributed by atoms with E-state index in [1.54, 1.807) is 31.4 Å². The minimum absolute atomic E-state index is 0.148. The van der Waals surface area contributed by atoms with Gasteiger partial charge < -0.3 is 15.4 Å². The van der Waals surface area contributed by atoms with Crippen molar-refractivity contribution in [3.05, 3.63) is 95.1 Å². The van der Waals surface area contributed by atoms with Gasteiger partial charge in [0.1, 0.15) is 5.75 Å². The molecule has 0 spiro atoms. The fraction of sp³-hybridized carbons (Fsp3) is 0.200. The van der Waals surface area contributed by atoms with Crippen LogP contribution in [0.2, 0.25) is 0 Å². The van der Waals surface area contributed by atoms with Crippen LogP contribution in [0.5, 0.6) is 5.75 Å². The topological polar surface area (TPSA) is 67.4 Å². The number of hydrogen-bond acceptors (Lipinski definition) is 3. The number of rotatable bonds is 7. The molecule has 0 aliphatic rings. The van der Waals surface area contributed by atoms with Crippen molar-refractivity contribution in [2.75, 3.05) is 12.4 Å². The number of carbonyl (C=O) groups excluding carboxylic acids is 2. The Morgan fingerprint density at radius 3 is 2.37 bits per heavy atom. The lowest BCUT2D eigenvalue weighted by atomic mass is 10.1. The van der Waals surface area contributed by atoms with E-state index in [2.05, 4.69) is 10.6 Å². The molecule has 3 aromatic carbocycles. The maximum atomic E-state index is 12.8. The highest BCUT2D eigenvalue weighted by Gasteiger charge is 2.16. The molecule has 0 saturated carbocycles. The van der Waals surface area contributed by atoms with E-state index in [-0.39, 0.29) is 24.3 Å². The first-order valence-electron chi connectivity index (χ1n) is 9.86. The molecule has 2 N–H and O–H groups in total. The minimum Gasteiger partial charge on any atom is -0.496 e. The van der Waals surface area contributed by atoms with Gasteiger partial charge in [-0.25, -0.2) is 0 Å². The van der Waals surface area contributed by atoms with Crippen molar-refractivity contribution >= 4 is 17.5 Å². The Labute approximate surface area is 177 Å². The average Bonchev–Trinajstić information content (AvgIpc) is 2.74. The minimum atomic E-state index is -0.234. The summed E-state index contributed by atoms with van der Waals surface area (Å²) >= 11 is 0. The van der Waals surface area contributed by atoms with Crippen molar-refractivity contribution in [1.29, 1.82) is 0 Å². The molecule has 0 aliphatic carbocycles. The Bertz CT molecular complexity index is 1030. The average molecular weight is 402 g/mol.